The van der Waals surface area contributed by atoms with E-state index in [2.05, 4.69) is 0 Å². The monoisotopic (exact) mass is 313 g/mol. The van der Waals surface area contributed by atoms with Crippen LogP contribution >= 0.6 is 0 Å². The Kier molecular flexibility index (Phi) is 3.38. The molecule has 0 radical (unpaired) electrons. The molecule has 4 nitrogen and oxygen atoms in total. The quantitative estimate of drug-likeness (QED) is 0.867. The SMILES string of the molecule is O=C(O)C1CC[C@H]2CC(F)(F)c3cc(F)ccc3C(=O)N2C1. The summed E-state index contributed by atoms with van der Waals surface area (Å²) in [7, 11) is 0. The number of hydrogen-bond acceptors (Lipinski definition) is 2. The fraction of sp³-hybridized carbons (Fsp3) is 0.467. The van der Waals surface area contributed by atoms with Crippen molar-refractivity contribution in [3.05, 3.63) is 35.1 Å². The van der Waals surface area contributed by atoms with Crippen molar-refractivity contribution in [1.82, 2.24) is 4.90 Å². The van der Waals surface area contributed by atoms with Crippen molar-refractivity contribution in [3.8, 4) is 0 Å². The molecule has 0 aromatic heterocycles. The Morgan fingerprint density at radius 3 is 2.73 bits per heavy atom. The van der Waals surface area contributed by atoms with Crippen LogP contribution in [0.1, 0.15) is 35.2 Å². The lowest BCUT2D eigenvalue weighted by atomic mass is 9.90. The zero-order chi connectivity index (χ0) is 16.1. The number of nitrogens with zero attached hydrogens (tertiary/aromatic N) is 1. The van der Waals surface area contributed by atoms with E-state index in [-0.39, 0.29) is 24.9 Å². The van der Waals surface area contributed by atoms with Gasteiger partial charge in [-0.25, -0.2) is 13.2 Å². The molecule has 0 spiro atoms. The Morgan fingerprint density at radius 2 is 2.05 bits per heavy atom. The third kappa shape index (κ3) is 2.34. The van der Waals surface area contributed by atoms with E-state index < -0.39 is 47.6 Å². The van der Waals surface area contributed by atoms with Crippen LogP contribution in [0.15, 0.2) is 18.2 Å². The molecule has 2 aliphatic rings. The van der Waals surface area contributed by atoms with Crippen molar-refractivity contribution < 1.29 is 27.9 Å². The van der Waals surface area contributed by atoms with Gasteiger partial charge in [0.25, 0.3) is 11.8 Å². The van der Waals surface area contributed by atoms with Gasteiger partial charge < -0.3 is 10.0 Å². The zero-order valence-corrected chi connectivity index (χ0v) is 11.6. The zero-order valence-electron chi connectivity index (χ0n) is 11.6. The van der Waals surface area contributed by atoms with Crippen LogP contribution in [-0.2, 0) is 10.7 Å². The highest BCUT2D eigenvalue weighted by molar-refractivity contribution is 5.97. The first kappa shape index (κ1) is 14.9. The number of carbonyl (C=O) groups is 2. The molecule has 1 aromatic rings. The largest absolute Gasteiger partial charge is 0.481 e. The maximum Gasteiger partial charge on any atom is 0.308 e. The predicted molar refractivity (Wildman–Crippen MR) is 70.1 cm³/mol. The van der Waals surface area contributed by atoms with E-state index in [1.54, 1.807) is 0 Å². The van der Waals surface area contributed by atoms with E-state index in [1.165, 1.54) is 4.90 Å². The molecule has 1 amide bonds. The van der Waals surface area contributed by atoms with Gasteiger partial charge in [-0.15, -0.1) is 0 Å². The topological polar surface area (TPSA) is 57.6 Å². The summed E-state index contributed by atoms with van der Waals surface area (Å²) in [6.07, 6.45) is -0.152. The van der Waals surface area contributed by atoms with E-state index in [4.69, 9.17) is 5.11 Å². The Hall–Kier alpha value is -2.05. The number of carbonyl (C=O) groups excluding carboxylic acids is 1. The summed E-state index contributed by atoms with van der Waals surface area (Å²) in [4.78, 5) is 24.8. The minimum absolute atomic E-state index is 0.0915. The average molecular weight is 313 g/mol. The number of alkyl halides is 2. The number of benzene rings is 1. The summed E-state index contributed by atoms with van der Waals surface area (Å²) >= 11 is 0. The van der Waals surface area contributed by atoms with Gasteiger partial charge >= 0.3 is 5.97 Å². The summed E-state index contributed by atoms with van der Waals surface area (Å²) in [5.41, 5.74) is -0.862. The second kappa shape index (κ2) is 5.00. The van der Waals surface area contributed by atoms with Crippen molar-refractivity contribution in [2.75, 3.05) is 6.54 Å². The molecular weight excluding hydrogens is 299 g/mol. The van der Waals surface area contributed by atoms with Crippen molar-refractivity contribution in [3.63, 3.8) is 0 Å². The summed E-state index contributed by atoms with van der Waals surface area (Å²) in [5, 5.41) is 9.08. The van der Waals surface area contributed by atoms with Gasteiger partial charge in [0.05, 0.1) is 5.92 Å². The fourth-order valence-corrected chi connectivity index (χ4v) is 3.26. The molecule has 1 unspecified atom stereocenters. The van der Waals surface area contributed by atoms with Crippen LogP contribution in [0.2, 0.25) is 0 Å². The molecule has 2 heterocycles. The van der Waals surface area contributed by atoms with Gasteiger partial charge in [-0.2, -0.15) is 0 Å². The molecule has 7 heteroatoms. The van der Waals surface area contributed by atoms with E-state index in [9.17, 15) is 22.8 Å². The van der Waals surface area contributed by atoms with Crippen LogP contribution in [0.5, 0.6) is 0 Å². The molecule has 1 N–H and O–H groups in total. The van der Waals surface area contributed by atoms with E-state index in [1.807, 2.05) is 0 Å². The molecule has 2 atom stereocenters. The van der Waals surface area contributed by atoms with E-state index in [0.717, 1.165) is 12.1 Å². The molecule has 1 saturated heterocycles. The Labute approximate surface area is 124 Å². The normalized spacial score (nSPS) is 26.9. The highest BCUT2D eigenvalue weighted by atomic mass is 19.3. The van der Waals surface area contributed by atoms with E-state index >= 15 is 0 Å². The first-order chi connectivity index (χ1) is 10.3. The molecule has 0 bridgehead atoms. The van der Waals surface area contributed by atoms with Crippen LogP contribution in [0.3, 0.4) is 0 Å². The summed E-state index contributed by atoms with van der Waals surface area (Å²) in [6.45, 7) is -0.0915. The van der Waals surface area contributed by atoms with Gasteiger partial charge in [0.15, 0.2) is 0 Å². The summed E-state index contributed by atoms with van der Waals surface area (Å²) < 4.78 is 42.1. The lowest BCUT2D eigenvalue weighted by Crippen LogP contribution is -2.48. The fourth-order valence-electron chi connectivity index (χ4n) is 3.26. The van der Waals surface area contributed by atoms with Crippen molar-refractivity contribution in [2.24, 2.45) is 5.92 Å². The number of aliphatic carboxylic acids is 1. The summed E-state index contributed by atoms with van der Waals surface area (Å²) in [6, 6.07) is 1.98. The molecule has 3 rings (SSSR count). The standard InChI is InChI=1S/C15H14F3NO3/c16-9-2-4-11-12(5-9)15(17,18)6-10-3-1-8(14(21)22)7-19(10)13(11)20/h2,4-5,8,10H,1,3,6-7H2,(H,21,22)/t8?,10-/m0/s1. The number of fused-ring (bicyclic) bond motifs is 2. The highest BCUT2D eigenvalue weighted by Gasteiger charge is 2.47. The Morgan fingerprint density at radius 1 is 1.32 bits per heavy atom. The van der Waals surface area contributed by atoms with E-state index in [0.29, 0.717) is 6.07 Å². The number of rotatable bonds is 1. The molecule has 0 aliphatic carbocycles. The number of hydrogen-bond donors (Lipinski definition) is 1. The Bertz CT molecular complexity index is 647. The minimum Gasteiger partial charge on any atom is -0.481 e. The van der Waals surface area contributed by atoms with Crippen molar-refractivity contribution in [1.29, 1.82) is 0 Å². The maximum atomic E-state index is 14.4. The van der Waals surface area contributed by atoms with Gasteiger partial charge in [0, 0.05) is 30.1 Å². The third-order valence-corrected chi connectivity index (χ3v) is 4.41. The Balaban J connectivity index is 2.05. The van der Waals surface area contributed by atoms with Gasteiger partial charge in [-0.1, -0.05) is 0 Å². The molecule has 2 aliphatic heterocycles. The van der Waals surface area contributed by atoms with Crippen molar-refractivity contribution >= 4 is 11.9 Å². The van der Waals surface area contributed by atoms with Gasteiger partial charge in [0.2, 0.25) is 0 Å². The molecular formula is C15H14F3NO3. The number of carboxylic acids is 1. The van der Waals surface area contributed by atoms with Crippen LogP contribution in [0.25, 0.3) is 0 Å². The summed E-state index contributed by atoms with van der Waals surface area (Å²) in [5.74, 6) is -6.59. The van der Waals surface area contributed by atoms with Gasteiger partial charge in [-0.3, -0.25) is 9.59 Å². The lowest BCUT2D eigenvalue weighted by Gasteiger charge is -2.37. The second-order valence-corrected chi connectivity index (χ2v) is 5.82. The highest BCUT2D eigenvalue weighted by Crippen LogP contribution is 2.42. The van der Waals surface area contributed by atoms with Crippen LogP contribution < -0.4 is 0 Å². The smallest absolute Gasteiger partial charge is 0.308 e. The number of carboxylic acid groups (broad SMARTS) is 1. The number of piperidine rings is 1. The maximum absolute atomic E-state index is 14.4. The third-order valence-electron chi connectivity index (χ3n) is 4.41. The van der Waals surface area contributed by atoms with Crippen LogP contribution in [0.4, 0.5) is 13.2 Å². The lowest BCUT2D eigenvalue weighted by molar-refractivity contribution is -0.144. The second-order valence-electron chi connectivity index (χ2n) is 5.82. The van der Waals surface area contributed by atoms with Crippen LogP contribution in [-0.4, -0.2) is 34.5 Å². The molecule has 118 valence electrons. The first-order valence-electron chi connectivity index (χ1n) is 7.01. The molecule has 1 fully saturated rings. The first-order valence-corrected chi connectivity index (χ1v) is 7.01. The van der Waals surface area contributed by atoms with Gasteiger partial charge in [0.1, 0.15) is 5.82 Å². The molecule has 22 heavy (non-hydrogen) atoms. The van der Waals surface area contributed by atoms with Crippen molar-refractivity contribution in [2.45, 2.75) is 31.2 Å². The average Bonchev–Trinajstić information content (AvgIpc) is 2.53. The minimum atomic E-state index is -3.32. The van der Waals surface area contributed by atoms with Crippen LogP contribution in [0, 0.1) is 11.7 Å². The predicted octanol–water partition coefficient (Wildman–Crippen LogP) is 2.63. The van der Waals surface area contributed by atoms with Gasteiger partial charge in [-0.05, 0) is 31.0 Å². The number of amides is 1. The number of halogens is 3. The molecule has 1 aromatic carbocycles. The molecule has 0 saturated carbocycles.